The molecular formula is C58H36N6. The van der Waals surface area contributed by atoms with E-state index in [2.05, 4.69) is 149 Å². The minimum Gasteiger partial charge on any atom is -0.309 e. The molecule has 12 rings (SSSR count). The number of benzene rings is 9. The van der Waals surface area contributed by atoms with Crippen LogP contribution in [0.2, 0.25) is 0 Å². The second kappa shape index (κ2) is 15.2. The van der Waals surface area contributed by atoms with Crippen LogP contribution < -0.4 is 0 Å². The lowest BCUT2D eigenvalue weighted by Crippen LogP contribution is -2.04. The van der Waals surface area contributed by atoms with Crippen molar-refractivity contribution in [1.29, 1.82) is 5.26 Å². The van der Waals surface area contributed by atoms with Gasteiger partial charge in [-0.05, 0) is 65.2 Å². The summed E-state index contributed by atoms with van der Waals surface area (Å²) in [6, 6.07) is 78.0. The van der Waals surface area contributed by atoms with Gasteiger partial charge in [-0.1, -0.05) is 170 Å². The number of para-hydroxylation sites is 4. The first-order chi connectivity index (χ1) is 31.7. The summed E-state index contributed by atoms with van der Waals surface area (Å²) in [7, 11) is 0. The van der Waals surface area contributed by atoms with Crippen LogP contribution in [0.4, 0.5) is 0 Å². The van der Waals surface area contributed by atoms with Crippen molar-refractivity contribution in [2.75, 3.05) is 0 Å². The maximum Gasteiger partial charge on any atom is 0.166 e. The molecule has 6 heteroatoms. The molecule has 3 heterocycles. The monoisotopic (exact) mass is 816 g/mol. The maximum atomic E-state index is 10.1. The van der Waals surface area contributed by atoms with Gasteiger partial charge in [0.15, 0.2) is 17.5 Å². The van der Waals surface area contributed by atoms with Crippen LogP contribution >= 0.6 is 0 Å². The highest BCUT2D eigenvalue weighted by Crippen LogP contribution is 2.43. The summed E-state index contributed by atoms with van der Waals surface area (Å²) < 4.78 is 4.71. The first-order valence-electron chi connectivity index (χ1n) is 21.3. The summed E-state index contributed by atoms with van der Waals surface area (Å²) in [6.07, 6.45) is 0. The SMILES string of the molecule is N#Cc1ccccc1-c1ccc2c3ccccc3n(-c3ccc(-c4cccc5c6ccccc6n(-c6ccccc6)c45)cc3-c3nc(-c4ccccc4)nc(-c4ccccc4)n3)c2c1. The molecule has 0 unspecified atom stereocenters. The van der Waals surface area contributed by atoms with E-state index in [4.69, 9.17) is 15.0 Å². The first kappa shape index (κ1) is 36.9. The van der Waals surface area contributed by atoms with Crippen LogP contribution in [0.25, 0.3) is 111 Å². The highest BCUT2D eigenvalue weighted by atomic mass is 15.1. The molecule has 0 saturated heterocycles. The van der Waals surface area contributed by atoms with Crippen LogP contribution in [-0.2, 0) is 0 Å². The highest BCUT2D eigenvalue weighted by Gasteiger charge is 2.23. The van der Waals surface area contributed by atoms with E-state index in [1.54, 1.807) is 0 Å². The summed E-state index contributed by atoms with van der Waals surface area (Å²) in [4.78, 5) is 15.8. The quantitative estimate of drug-likeness (QED) is 0.161. The Morgan fingerprint density at radius 1 is 0.344 bits per heavy atom. The van der Waals surface area contributed by atoms with E-state index in [0.29, 0.717) is 23.0 Å². The fourth-order valence-corrected chi connectivity index (χ4v) is 9.33. The van der Waals surface area contributed by atoms with Gasteiger partial charge in [-0.15, -0.1) is 0 Å². The molecule has 0 spiro atoms. The van der Waals surface area contributed by atoms with E-state index in [0.717, 1.165) is 83.2 Å². The molecule has 3 aromatic heterocycles. The third-order valence-corrected chi connectivity index (χ3v) is 12.2. The van der Waals surface area contributed by atoms with Gasteiger partial charge in [0.2, 0.25) is 0 Å². The molecule has 12 aromatic rings. The summed E-state index contributed by atoms with van der Waals surface area (Å²) in [5, 5.41) is 14.7. The standard InChI is InChI=1S/C58H36N6/c59-37-42-21-10-11-24-44(42)41-31-33-48-46-25-12-15-30-52(46)64(54(48)36-41)53-34-32-40(45-27-16-28-49-47-26-13-14-29-51(47)63(55(45)49)43-22-8-3-9-23-43)35-50(53)58-61-56(38-17-4-1-5-18-38)60-57(62-58)39-19-6-2-7-20-39/h1-36H. The summed E-state index contributed by atoms with van der Waals surface area (Å²) in [5.41, 5.74) is 13.6. The molecular weight excluding hydrogens is 781 g/mol. The Kier molecular flexibility index (Phi) is 8.77. The Morgan fingerprint density at radius 2 is 0.859 bits per heavy atom. The molecule has 298 valence electrons. The number of fused-ring (bicyclic) bond motifs is 6. The second-order valence-electron chi connectivity index (χ2n) is 15.9. The predicted octanol–water partition coefficient (Wildman–Crippen LogP) is 14.3. The number of nitrogens with zero attached hydrogens (tertiary/aromatic N) is 6. The smallest absolute Gasteiger partial charge is 0.166 e. The van der Waals surface area contributed by atoms with Crippen molar-refractivity contribution in [2.24, 2.45) is 0 Å². The van der Waals surface area contributed by atoms with E-state index in [1.807, 2.05) is 84.9 Å². The Bertz CT molecular complexity index is 3730. The number of hydrogen-bond donors (Lipinski definition) is 0. The van der Waals surface area contributed by atoms with E-state index in [-0.39, 0.29) is 0 Å². The van der Waals surface area contributed by atoms with Crippen molar-refractivity contribution < 1.29 is 0 Å². The second-order valence-corrected chi connectivity index (χ2v) is 15.9. The van der Waals surface area contributed by atoms with Crippen molar-refractivity contribution in [1.82, 2.24) is 24.1 Å². The highest BCUT2D eigenvalue weighted by molar-refractivity contribution is 6.14. The summed E-state index contributed by atoms with van der Waals surface area (Å²) in [5.74, 6) is 1.73. The van der Waals surface area contributed by atoms with Crippen LogP contribution in [0.15, 0.2) is 218 Å². The van der Waals surface area contributed by atoms with Crippen LogP contribution in [0.5, 0.6) is 0 Å². The van der Waals surface area contributed by atoms with Gasteiger partial charge in [0.05, 0.1) is 39.4 Å². The third kappa shape index (κ3) is 6.06. The molecule has 0 radical (unpaired) electrons. The zero-order chi connectivity index (χ0) is 42.6. The molecule has 0 bridgehead atoms. The van der Waals surface area contributed by atoms with Crippen LogP contribution in [0.1, 0.15) is 5.56 Å². The molecule has 0 fully saturated rings. The number of hydrogen-bond acceptors (Lipinski definition) is 4. The largest absolute Gasteiger partial charge is 0.309 e. The Balaban J connectivity index is 1.19. The van der Waals surface area contributed by atoms with E-state index < -0.39 is 0 Å². The van der Waals surface area contributed by atoms with Crippen LogP contribution in [0.3, 0.4) is 0 Å². The number of aromatic nitrogens is 5. The van der Waals surface area contributed by atoms with Gasteiger partial charge >= 0.3 is 0 Å². The van der Waals surface area contributed by atoms with E-state index >= 15 is 0 Å². The molecule has 0 atom stereocenters. The lowest BCUT2D eigenvalue weighted by Gasteiger charge is -2.17. The van der Waals surface area contributed by atoms with Gasteiger partial charge in [0.25, 0.3) is 0 Å². The fraction of sp³-hybridized carbons (Fsp3) is 0. The summed E-state index contributed by atoms with van der Waals surface area (Å²) >= 11 is 0. The molecule has 64 heavy (non-hydrogen) atoms. The lowest BCUT2D eigenvalue weighted by atomic mass is 9.98. The molecule has 0 N–H and O–H groups in total. The van der Waals surface area contributed by atoms with Gasteiger partial charge in [-0.25, -0.2) is 15.0 Å². The fourth-order valence-electron chi connectivity index (χ4n) is 9.33. The lowest BCUT2D eigenvalue weighted by molar-refractivity contribution is 1.06. The van der Waals surface area contributed by atoms with Crippen molar-refractivity contribution >= 4 is 43.6 Å². The molecule has 0 amide bonds. The van der Waals surface area contributed by atoms with Gasteiger partial charge in [-0.3, -0.25) is 0 Å². The van der Waals surface area contributed by atoms with E-state index in [9.17, 15) is 5.26 Å². The number of rotatable bonds is 7. The molecule has 6 nitrogen and oxygen atoms in total. The van der Waals surface area contributed by atoms with Crippen molar-refractivity contribution in [2.45, 2.75) is 0 Å². The minimum absolute atomic E-state index is 0.553. The van der Waals surface area contributed by atoms with Gasteiger partial charge in [0, 0.05) is 49.5 Å². The zero-order valence-corrected chi connectivity index (χ0v) is 34.5. The molecule has 0 saturated carbocycles. The maximum absolute atomic E-state index is 10.1. The molecule has 0 aliphatic carbocycles. The Hall–Kier alpha value is -8.92. The first-order valence-corrected chi connectivity index (χ1v) is 21.3. The van der Waals surface area contributed by atoms with Crippen LogP contribution in [0, 0.1) is 11.3 Å². The average Bonchev–Trinajstić information content (AvgIpc) is 3.89. The van der Waals surface area contributed by atoms with Gasteiger partial charge in [-0.2, -0.15) is 5.26 Å². The topological polar surface area (TPSA) is 72.3 Å². The average molecular weight is 817 g/mol. The van der Waals surface area contributed by atoms with Crippen molar-refractivity contribution in [3.05, 3.63) is 224 Å². The van der Waals surface area contributed by atoms with E-state index in [1.165, 1.54) is 10.8 Å². The van der Waals surface area contributed by atoms with Crippen LogP contribution in [-0.4, -0.2) is 24.1 Å². The third-order valence-electron chi connectivity index (χ3n) is 12.2. The Morgan fingerprint density at radius 3 is 1.56 bits per heavy atom. The zero-order valence-electron chi connectivity index (χ0n) is 34.5. The normalized spacial score (nSPS) is 11.4. The Labute approximate surface area is 369 Å². The summed E-state index contributed by atoms with van der Waals surface area (Å²) in [6.45, 7) is 0. The van der Waals surface area contributed by atoms with Crippen molar-refractivity contribution in [3.8, 4) is 73.9 Å². The minimum atomic E-state index is 0.553. The molecule has 0 aliphatic heterocycles. The van der Waals surface area contributed by atoms with Crippen molar-refractivity contribution in [3.63, 3.8) is 0 Å². The number of nitriles is 1. The molecule has 0 aliphatic rings. The van der Waals surface area contributed by atoms with Gasteiger partial charge < -0.3 is 9.13 Å². The predicted molar refractivity (Wildman–Crippen MR) is 260 cm³/mol. The molecule has 9 aromatic carbocycles. The van der Waals surface area contributed by atoms with Gasteiger partial charge in [0.1, 0.15) is 0 Å².